The standard InChI is InChI=1S/C25H25N3O5/c26-23(30)20-11-6-12-28(20,24(31)19-13-17-9-4-5-10-18(17)27-19)21-14-22(29)33-25(21)32-15-16-7-2-1-3-8-16/h1-5,7-10,13,20-21,25H,6,11-12,14-15H2,(H2-,26,27,30,31)/p+1/t20-,21?,25?,28?/m0/s1. The molecule has 2 amide bonds. The molecule has 8 nitrogen and oxygen atoms in total. The SMILES string of the molecule is NC(=O)[C@@H]1CCC[N+]1(C(=O)c1cc2ccccc2[nH]1)C1CC(=O)OC1OCc1ccccc1. The lowest BCUT2D eigenvalue weighted by Crippen LogP contribution is -2.67. The number of likely N-dealkylation sites (tertiary alicyclic amines) is 1. The van der Waals surface area contributed by atoms with E-state index in [4.69, 9.17) is 15.2 Å². The molecule has 0 radical (unpaired) electrons. The number of rotatable bonds is 6. The second kappa shape index (κ2) is 8.46. The number of aromatic nitrogens is 1. The van der Waals surface area contributed by atoms with Crippen LogP contribution in [-0.2, 0) is 25.7 Å². The molecule has 0 spiro atoms. The van der Waals surface area contributed by atoms with E-state index in [0.717, 1.165) is 16.5 Å². The number of para-hydroxylation sites is 1. The first-order valence-electron chi connectivity index (χ1n) is 11.1. The number of ether oxygens (including phenoxy) is 2. The van der Waals surface area contributed by atoms with Crippen LogP contribution in [0.4, 0.5) is 0 Å². The minimum atomic E-state index is -0.953. The topological polar surface area (TPSA) is 111 Å². The fourth-order valence-corrected chi connectivity index (χ4v) is 5.31. The van der Waals surface area contributed by atoms with Crippen LogP contribution in [0.15, 0.2) is 60.7 Å². The van der Waals surface area contributed by atoms with E-state index in [2.05, 4.69) is 4.98 Å². The van der Waals surface area contributed by atoms with E-state index in [1.54, 1.807) is 6.07 Å². The summed E-state index contributed by atoms with van der Waals surface area (Å²) < 4.78 is 11.3. The van der Waals surface area contributed by atoms with Crippen molar-refractivity contribution in [3.05, 3.63) is 71.9 Å². The number of quaternary nitrogens is 1. The minimum absolute atomic E-state index is 0.0186. The van der Waals surface area contributed by atoms with Gasteiger partial charge in [-0.1, -0.05) is 48.5 Å². The van der Waals surface area contributed by atoms with E-state index in [-0.39, 0.29) is 23.4 Å². The molecule has 3 N–H and O–H groups in total. The number of amides is 2. The van der Waals surface area contributed by atoms with Crippen molar-refractivity contribution in [2.24, 2.45) is 5.73 Å². The highest BCUT2D eigenvalue weighted by atomic mass is 16.7. The number of esters is 1. The van der Waals surface area contributed by atoms with Crippen LogP contribution in [0.2, 0.25) is 0 Å². The molecule has 4 atom stereocenters. The normalized spacial score (nSPS) is 27.0. The van der Waals surface area contributed by atoms with Crippen molar-refractivity contribution in [3.8, 4) is 0 Å². The molecule has 2 aromatic carbocycles. The molecule has 0 aliphatic carbocycles. The number of benzene rings is 2. The second-order valence-corrected chi connectivity index (χ2v) is 8.72. The molecule has 3 heterocycles. The van der Waals surface area contributed by atoms with Crippen LogP contribution in [0.1, 0.15) is 35.3 Å². The van der Waals surface area contributed by atoms with Gasteiger partial charge in [-0.25, -0.2) is 9.28 Å². The molecule has 0 bridgehead atoms. The van der Waals surface area contributed by atoms with Crippen LogP contribution >= 0.6 is 0 Å². The number of nitrogens with zero attached hydrogens (tertiary/aromatic N) is 1. The van der Waals surface area contributed by atoms with Crippen molar-refractivity contribution in [1.29, 1.82) is 0 Å². The Kier molecular flexibility index (Phi) is 5.47. The van der Waals surface area contributed by atoms with Crippen molar-refractivity contribution in [2.45, 2.75) is 44.2 Å². The zero-order chi connectivity index (χ0) is 23.0. The number of fused-ring (bicyclic) bond motifs is 1. The molecule has 33 heavy (non-hydrogen) atoms. The van der Waals surface area contributed by atoms with Gasteiger partial charge in [0, 0.05) is 23.7 Å². The third kappa shape index (κ3) is 3.71. The molecule has 3 unspecified atom stereocenters. The van der Waals surface area contributed by atoms with Crippen molar-refractivity contribution in [1.82, 2.24) is 4.98 Å². The van der Waals surface area contributed by atoms with Crippen molar-refractivity contribution < 1.29 is 28.3 Å². The molecule has 5 rings (SSSR count). The summed E-state index contributed by atoms with van der Waals surface area (Å²) in [6, 6.07) is 17.5. The van der Waals surface area contributed by atoms with Gasteiger partial charge < -0.3 is 20.2 Å². The van der Waals surface area contributed by atoms with Crippen LogP contribution in [0.25, 0.3) is 10.9 Å². The molecule has 1 aromatic heterocycles. The predicted molar refractivity (Wildman–Crippen MR) is 119 cm³/mol. The summed E-state index contributed by atoms with van der Waals surface area (Å²) in [5.74, 6) is -1.28. The van der Waals surface area contributed by atoms with E-state index < -0.39 is 30.3 Å². The van der Waals surface area contributed by atoms with Crippen LogP contribution < -0.4 is 5.73 Å². The number of primary amides is 1. The predicted octanol–water partition coefficient (Wildman–Crippen LogP) is 2.63. The highest BCUT2D eigenvalue weighted by molar-refractivity contribution is 5.96. The summed E-state index contributed by atoms with van der Waals surface area (Å²) >= 11 is 0. The molecular weight excluding hydrogens is 422 g/mol. The Morgan fingerprint density at radius 1 is 1.12 bits per heavy atom. The van der Waals surface area contributed by atoms with Gasteiger partial charge in [0.15, 0.2) is 12.1 Å². The van der Waals surface area contributed by atoms with Crippen molar-refractivity contribution in [2.75, 3.05) is 6.54 Å². The Labute approximate surface area is 190 Å². The molecule has 3 aromatic rings. The third-order valence-electron chi connectivity index (χ3n) is 6.82. The monoisotopic (exact) mass is 448 g/mol. The lowest BCUT2D eigenvalue weighted by molar-refractivity contribution is -0.882. The number of hydrogen-bond donors (Lipinski definition) is 2. The number of carbonyl (C=O) groups excluding carboxylic acids is 3. The van der Waals surface area contributed by atoms with Gasteiger partial charge in [0.2, 0.25) is 0 Å². The highest BCUT2D eigenvalue weighted by Gasteiger charge is 2.62. The number of aromatic amines is 1. The van der Waals surface area contributed by atoms with E-state index in [1.807, 2.05) is 54.6 Å². The zero-order valence-corrected chi connectivity index (χ0v) is 18.1. The smallest absolute Gasteiger partial charge is 0.363 e. The van der Waals surface area contributed by atoms with Gasteiger partial charge in [-0.2, -0.15) is 0 Å². The summed E-state index contributed by atoms with van der Waals surface area (Å²) in [4.78, 5) is 42.2. The van der Waals surface area contributed by atoms with Gasteiger partial charge in [-0.15, -0.1) is 0 Å². The van der Waals surface area contributed by atoms with E-state index in [1.165, 1.54) is 0 Å². The third-order valence-corrected chi connectivity index (χ3v) is 6.82. The summed E-state index contributed by atoms with van der Waals surface area (Å²) in [5, 5.41) is 0.893. The lowest BCUT2D eigenvalue weighted by atomic mass is 10.0. The average molecular weight is 448 g/mol. The Morgan fingerprint density at radius 3 is 2.64 bits per heavy atom. The van der Waals surface area contributed by atoms with Crippen LogP contribution in [0.5, 0.6) is 0 Å². The maximum absolute atomic E-state index is 14.1. The number of H-pyrrole nitrogens is 1. The van der Waals surface area contributed by atoms with Gasteiger partial charge in [0.05, 0.1) is 13.2 Å². The molecular formula is C25H26N3O5+. The van der Waals surface area contributed by atoms with Gasteiger partial charge >= 0.3 is 11.9 Å². The average Bonchev–Trinajstić information content (AvgIpc) is 3.54. The number of nitrogens with two attached hydrogens (primary N) is 1. The van der Waals surface area contributed by atoms with Crippen LogP contribution in [0.3, 0.4) is 0 Å². The van der Waals surface area contributed by atoms with E-state index in [9.17, 15) is 14.4 Å². The first-order valence-corrected chi connectivity index (χ1v) is 11.1. The van der Waals surface area contributed by atoms with E-state index >= 15 is 0 Å². The molecule has 170 valence electrons. The van der Waals surface area contributed by atoms with E-state index in [0.29, 0.717) is 25.1 Å². The summed E-state index contributed by atoms with van der Waals surface area (Å²) in [5.41, 5.74) is 7.91. The number of carbonyl (C=O) groups is 3. The lowest BCUT2D eigenvalue weighted by Gasteiger charge is -2.41. The zero-order valence-electron chi connectivity index (χ0n) is 18.1. The fourth-order valence-electron chi connectivity index (χ4n) is 5.31. The molecule has 0 saturated carbocycles. The number of hydrogen-bond acceptors (Lipinski definition) is 5. The van der Waals surface area contributed by atoms with Gasteiger partial charge in [-0.05, 0) is 17.7 Å². The van der Waals surface area contributed by atoms with Crippen molar-refractivity contribution in [3.63, 3.8) is 0 Å². The number of cyclic esters (lactones) is 1. The van der Waals surface area contributed by atoms with Gasteiger partial charge in [0.25, 0.3) is 12.2 Å². The fraction of sp³-hybridized carbons (Fsp3) is 0.320. The Balaban J connectivity index is 1.53. The molecule has 2 aliphatic heterocycles. The van der Waals surface area contributed by atoms with Gasteiger partial charge in [-0.3, -0.25) is 9.59 Å². The summed E-state index contributed by atoms with van der Waals surface area (Å²) in [6.07, 6.45) is 0.133. The molecule has 2 saturated heterocycles. The van der Waals surface area contributed by atoms with Crippen LogP contribution in [0, 0.1) is 0 Å². The summed E-state index contributed by atoms with van der Waals surface area (Å²) in [7, 11) is 0. The second-order valence-electron chi connectivity index (χ2n) is 8.72. The van der Waals surface area contributed by atoms with Gasteiger partial charge in [0.1, 0.15) is 12.1 Å². The minimum Gasteiger partial charge on any atom is -0.429 e. The quantitative estimate of drug-likeness (QED) is 0.445. The maximum Gasteiger partial charge on any atom is 0.363 e. The highest BCUT2D eigenvalue weighted by Crippen LogP contribution is 2.39. The molecule has 2 aliphatic rings. The maximum atomic E-state index is 14.1. The largest absolute Gasteiger partial charge is 0.429 e. The molecule has 8 heteroatoms. The first kappa shape index (κ1) is 21.4. The number of nitrogens with one attached hydrogen (secondary N) is 1. The Morgan fingerprint density at radius 2 is 1.88 bits per heavy atom. The first-order chi connectivity index (χ1) is 16.0. The van der Waals surface area contributed by atoms with Crippen LogP contribution in [-0.4, -0.2) is 52.2 Å². The Hall–Kier alpha value is -3.49. The Bertz CT molecular complexity index is 1170. The molecule has 2 fully saturated rings. The summed E-state index contributed by atoms with van der Waals surface area (Å²) in [6.45, 7) is 0.603. The van der Waals surface area contributed by atoms with Crippen molar-refractivity contribution >= 4 is 28.7 Å².